The maximum Gasteiger partial charge on any atom is 0.277 e. The molecule has 9 heteroatoms. The van der Waals surface area contributed by atoms with Gasteiger partial charge in [-0.15, -0.1) is 0 Å². The Morgan fingerprint density at radius 3 is 2.62 bits per heavy atom. The number of amides is 1. The molecule has 0 aliphatic carbocycles. The highest BCUT2D eigenvalue weighted by atomic mass is 35.5. The number of hydrogen-bond donors (Lipinski definition) is 1. The molecule has 0 fully saturated rings. The molecule has 4 aromatic rings. The van der Waals surface area contributed by atoms with Crippen LogP contribution in [0.25, 0.3) is 0 Å². The third kappa shape index (κ3) is 5.12. The van der Waals surface area contributed by atoms with E-state index >= 15 is 0 Å². The molecule has 0 saturated carbocycles. The van der Waals surface area contributed by atoms with Gasteiger partial charge in [0.1, 0.15) is 10.8 Å². The first-order chi connectivity index (χ1) is 15.4. The Morgan fingerprint density at radius 2 is 1.84 bits per heavy atom. The molecular weight excluding hydrogens is 449 g/mol. The number of aromatic nitrogens is 4. The van der Waals surface area contributed by atoms with Crippen molar-refractivity contribution < 1.29 is 9.53 Å². The van der Waals surface area contributed by atoms with Crippen molar-refractivity contribution in [3.05, 3.63) is 93.4 Å². The number of ether oxygens (including phenoxy) is 1. The van der Waals surface area contributed by atoms with E-state index in [1.807, 2.05) is 56.3 Å². The van der Waals surface area contributed by atoms with E-state index in [9.17, 15) is 4.79 Å². The summed E-state index contributed by atoms with van der Waals surface area (Å²) in [6.07, 6.45) is 3.31. The molecule has 0 radical (unpaired) electrons. The molecule has 1 N–H and O–H groups in total. The first-order valence-electron chi connectivity index (χ1n) is 9.90. The highest BCUT2D eigenvalue weighted by molar-refractivity contribution is 6.33. The molecule has 0 aliphatic rings. The molecule has 0 atom stereocenters. The van der Waals surface area contributed by atoms with Gasteiger partial charge in [-0.1, -0.05) is 59.1 Å². The molecule has 0 unspecified atom stereocenters. The Hall–Kier alpha value is -3.29. The molecular formula is C23H21Cl2N5O2. The van der Waals surface area contributed by atoms with Gasteiger partial charge in [0.05, 0.1) is 6.54 Å². The smallest absolute Gasteiger partial charge is 0.277 e. The number of carbonyl (C=O) groups is 1. The highest BCUT2D eigenvalue weighted by Gasteiger charge is 2.15. The number of anilines is 1. The number of aryl methyl sites for hydroxylation is 2. The number of benzene rings is 2. The van der Waals surface area contributed by atoms with Crippen LogP contribution in [0, 0.1) is 13.8 Å². The van der Waals surface area contributed by atoms with Gasteiger partial charge in [0.15, 0.2) is 18.2 Å². The lowest BCUT2D eigenvalue weighted by molar-refractivity contribution is 0.101. The molecule has 4 rings (SSSR count). The summed E-state index contributed by atoms with van der Waals surface area (Å²) in [7, 11) is 0. The predicted octanol–water partition coefficient (Wildman–Crippen LogP) is 5.34. The second-order valence-electron chi connectivity index (χ2n) is 7.35. The van der Waals surface area contributed by atoms with Gasteiger partial charge < -0.3 is 10.1 Å². The Labute approximate surface area is 195 Å². The monoisotopic (exact) mass is 469 g/mol. The highest BCUT2D eigenvalue weighted by Crippen LogP contribution is 2.23. The summed E-state index contributed by atoms with van der Waals surface area (Å²) < 4.78 is 8.97. The Morgan fingerprint density at radius 1 is 1.03 bits per heavy atom. The number of hydrogen-bond acceptors (Lipinski definition) is 4. The van der Waals surface area contributed by atoms with Crippen molar-refractivity contribution in [3.63, 3.8) is 0 Å². The van der Waals surface area contributed by atoms with Gasteiger partial charge in [-0.3, -0.25) is 9.48 Å². The predicted molar refractivity (Wildman–Crippen MR) is 125 cm³/mol. The minimum Gasteiger partial charge on any atom is -0.471 e. The minimum absolute atomic E-state index is 0.185. The number of rotatable bonds is 7. The average molecular weight is 470 g/mol. The van der Waals surface area contributed by atoms with Gasteiger partial charge in [-0.05, 0) is 43.2 Å². The second kappa shape index (κ2) is 9.46. The van der Waals surface area contributed by atoms with Gasteiger partial charge in [0.25, 0.3) is 5.91 Å². The Balaban J connectivity index is 1.39. The van der Waals surface area contributed by atoms with Crippen molar-refractivity contribution in [1.82, 2.24) is 19.6 Å². The van der Waals surface area contributed by atoms with Crippen molar-refractivity contribution in [2.75, 3.05) is 5.32 Å². The zero-order valence-electron chi connectivity index (χ0n) is 17.5. The van der Waals surface area contributed by atoms with Crippen molar-refractivity contribution in [1.29, 1.82) is 0 Å². The van der Waals surface area contributed by atoms with Crippen LogP contribution in [0.15, 0.2) is 60.9 Å². The minimum atomic E-state index is -0.417. The summed E-state index contributed by atoms with van der Waals surface area (Å²) in [4.78, 5) is 12.6. The summed E-state index contributed by atoms with van der Waals surface area (Å²) in [5.41, 5.74) is 3.33. The lowest BCUT2D eigenvalue weighted by atomic mass is 10.1. The fraction of sp³-hybridized carbons (Fsp3) is 0.174. The molecule has 7 nitrogen and oxygen atoms in total. The lowest BCUT2D eigenvalue weighted by Crippen LogP contribution is -2.15. The topological polar surface area (TPSA) is 74.0 Å². The van der Waals surface area contributed by atoms with Gasteiger partial charge in [-0.25, -0.2) is 4.68 Å². The molecule has 32 heavy (non-hydrogen) atoms. The van der Waals surface area contributed by atoms with Crippen molar-refractivity contribution in [2.24, 2.45) is 0 Å². The van der Waals surface area contributed by atoms with Crippen molar-refractivity contribution in [3.8, 4) is 5.75 Å². The van der Waals surface area contributed by atoms with Crippen LogP contribution in [-0.4, -0.2) is 25.5 Å². The third-order valence-corrected chi connectivity index (χ3v) is 5.44. The van der Waals surface area contributed by atoms with Crippen molar-refractivity contribution in [2.45, 2.75) is 27.1 Å². The fourth-order valence-electron chi connectivity index (χ4n) is 3.19. The number of nitrogens with one attached hydrogen (secondary N) is 1. The molecule has 164 valence electrons. The van der Waals surface area contributed by atoms with Crippen LogP contribution in [0.4, 0.5) is 5.82 Å². The SMILES string of the molecule is Cc1ccc(OCn2ccc(C(=O)Nc3nn(Cc4ccccc4Cl)cc3Cl)n2)c(C)c1. The van der Waals surface area contributed by atoms with E-state index in [-0.39, 0.29) is 18.2 Å². The zero-order valence-corrected chi connectivity index (χ0v) is 19.1. The molecule has 0 bridgehead atoms. The van der Waals surface area contributed by atoms with E-state index in [0.717, 1.165) is 16.9 Å². The molecule has 0 saturated heterocycles. The summed E-state index contributed by atoms with van der Waals surface area (Å²) in [6.45, 7) is 4.63. The van der Waals surface area contributed by atoms with Gasteiger partial charge >= 0.3 is 0 Å². The van der Waals surface area contributed by atoms with Crippen LogP contribution >= 0.6 is 23.2 Å². The summed E-state index contributed by atoms with van der Waals surface area (Å²) in [5.74, 6) is 0.609. The number of nitrogens with zero attached hydrogens (tertiary/aromatic N) is 4. The first kappa shape index (κ1) is 21.9. The molecule has 0 spiro atoms. The van der Waals surface area contributed by atoms with Crippen LogP contribution in [0.3, 0.4) is 0 Å². The first-order valence-corrected chi connectivity index (χ1v) is 10.7. The summed E-state index contributed by atoms with van der Waals surface area (Å²) in [5, 5.41) is 12.3. The maximum absolute atomic E-state index is 12.6. The van der Waals surface area contributed by atoms with E-state index < -0.39 is 5.91 Å². The number of carbonyl (C=O) groups excluding carboxylic acids is 1. The average Bonchev–Trinajstić information content (AvgIpc) is 3.36. The van der Waals surface area contributed by atoms with Crippen LogP contribution < -0.4 is 10.1 Å². The maximum atomic E-state index is 12.6. The molecule has 0 aliphatic heterocycles. The normalized spacial score (nSPS) is 10.9. The standard InChI is InChI=1S/C23H21Cl2N5O2/c1-15-7-8-21(16(2)11-15)32-14-29-10-9-20(27-29)23(31)26-22-19(25)13-30(28-22)12-17-5-3-4-6-18(17)24/h3-11,13H,12,14H2,1-2H3,(H,26,28,31). The fourth-order valence-corrected chi connectivity index (χ4v) is 3.58. The van der Waals surface area contributed by atoms with E-state index in [4.69, 9.17) is 27.9 Å². The lowest BCUT2D eigenvalue weighted by Gasteiger charge is -2.09. The van der Waals surface area contributed by atoms with E-state index in [1.54, 1.807) is 27.8 Å². The van der Waals surface area contributed by atoms with Crippen LogP contribution in [0.1, 0.15) is 27.2 Å². The quantitative estimate of drug-likeness (QED) is 0.396. The third-order valence-electron chi connectivity index (χ3n) is 4.80. The Kier molecular flexibility index (Phi) is 6.48. The van der Waals surface area contributed by atoms with Gasteiger partial charge in [0, 0.05) is 17.4 Å². The Bertz CT molecular complexity index is 1270. The summed E-state index contributed by atoms with van der Waals surface area (Å²) >= 11 is 12.5. The zero-order chi connectivity index (χ0) is 22.7. The molecule has 2 heterocycles. The largest absolute Gasteiger partial charge is 0.471 e. The van der Waals surface area contributed by atoms with Gasteiger partial charge in [0.2, 0.25) is 0 Å². The van der Waals surface area contributed by atoms with Crippen molar-refractivity contribution >= 4 is 34.9 Å². The van der Waals surface area contributed by atoms with Crippen LogP contribution in [0.2, 0.25) is 10.0 Å². The molecule has 2 aromatic heterocycles. The number of halogens is 2. The molecule has 2 aromatic carbocycles. The van der Waals surface area contributed by atoms with E-state index in [2.05, 4.69) is 15.5 Å². The van der Waals surface area contributed by atoms with Gasteiger partial charge in [-0.2, -0.15) is 10.2 Å². The molecule has 1 amide bonds. The summed E-state index contributed by atoms with van der Waals surface area (Å²) in [6, 6.07) is 15.0. The van der Waals surface area contributed by atoms with E-state index in [1.165, 1.54) is 5.56 Å². The van der Waals surface area contributed by atoms with Crippen LogP contribution in [0.5, 0.6) is 5.75 Å². The van der Waals surface area contributed by atoms with E-state index in [0.29, 0.717) is 16.6 Å². The van der Waals surface area contributed by atoms with Crippen LogP contribution in [-0.2, 0) is 13.3 Å². The second-order valence-corrected chi connectivity index (χ2v) is 8.17.